The number of piperazine rings is 1. The maximum Gasteiger partial charge on any atom is 0.243 e. The topological polar surface area (TPSA) is 81.8 Å². The molecule has 1 aromatic rings. The number of halogens is 2. The van der Waals surface area contributed by atoms with E-state index in [1.54, 1.807) is 12.1 Å². The summed E-state index contributed by atoms with van der Waals surface area (Å²) in [5, 5.41) is 6.32. The van der Waals surface area contributed by atoms with Gasteiger partial charge in [0.05, 0.1) is 11.4 Å². The Morgan fingerprint density at radius 3 is 2.38 bits per heavy atom. The van der Waals surface area contributed by atoms with Crippen LogP contribution in [0.3, 0.4) is 0 Å². The number of sulfonamides is 1. The lowest BCUT2D eigenvalue weighted by Crippen LogP contribution is -2.51. The third kappa shape index (κ3) is 7.38. The molecule has 0 radical (unpaired) electrons. The highest BCUT2D eigenvalue weighted by Gasteiger charge is 2.29. The van der Waals surface area contributed by atoms with Gasteiger partial charge in [-0.05, 0) is 50.9 Å². The molecule has 2 saturated heterocycles. The maximum atomic E-state index is 12.7. The summed E-state index contributed by atoms with van der Waals surface area (Å²) in [5.41, 5.74) is 1.04. The van der Waals surface area contributed by atoms with Crippen molar-refractivity contribution in [3.63, 3.8) is 0 Å². The number of nitrogens with zero attached hydrogens (tertiary/aromatic N) is 2. The van der Waals surface area contributed by atoms with Gasteiger partial charge in [0.2, 0.25) is 15.9 Å². The van der Waals surface area contributed by atoms with Gasteiger partial charge in [-0.2, -0.15) is 4.31 Å². The zero-order chi connectivity index (χ0) is 19.3. The Hall–Kier alpha value is -0.900. The van der Waals surface area contributed by atoms with Crippen LogP contribution in [-0.2, 0) is 14.8 Å². The fraction of sp³-hybridized carbons (Fsp3) is 0.632. The maximum absolute atomic E-state index is 12.7. The van der Waals surface area contributed by atoms with Crippen LogP contribution in [-0.4, -0.2) is 75.9 Å². The molecule has 1 unspecified atom stereocenters. The molecule has 2 heterocycles. The first-order valence-electron chi connectivity index (χ1n) is 9.72. The Kier molecular flexibility index (Phi) is 10.9. The van der Waals surface area contributed by atoms with E-state index < -0.39 is 10.0 Å². The number of nitrogens with one attached hydrogen (secondary N) is 2. The molecule has 2 aliphatic rings. The van der Waals surface area contributed by atoms with Crippen molar-refractivity contribution in [2.24, 2.45) is 5.92 Å². The Bertz CT molecular complexity index is 732. The summed E-state index contributed by atoms with van der Waals surface area (Å²) >= 11 is 0. The number of carbonyl (C=O) groups excluding carboxylic acids is 1. The first kappa shape index (κ1) is 26.1. The summed E-state index contributed by atoms with van der Waals surface area (Å²) in [4.78, 5) is 14.5. The molecule has 1 atom stereocenters. The van der Waals surface area contributed by atoms with Crippen molar-refractivity contribution >= 4 is 40.7 Å². The zero-order valence-corrected chi connectivity index (χ0v) is 19.3. The number of carbonyl (C=O) groups is 1. The van der Waals surface area contributed by atoms with Crippen LogP contribution in [0.4, 0.5) is 0 Å². The molecule has 0 aliphatic carbocycles. The van der Waals surface area contributed by atoms with Gasteiger partial charge < -0.3 is 10.6 Å². The van der Waals surface area contributed by atoms with Crippen LogP contribution in [0.5, 0.6) is 0 Å². The number of hydrogen-bond donors (Lipinski definition) is 2. The minimum absolute atomic E-state index is 0. The molecule has 166 valence electrons. The van der Waals surface area contributed by atoms with E-state index in [-0.39, 0.29) is 30.7 Å². The van der Waals surface area contributed by atoms with Crippen molar-refractivity contribution in [1.82, 2.24) is 19.8 Å². The van der Waals surface area contributed by atoms with Crippen molar-refractivity contribution in [2.75, 3.05) is 52.4 Å². The van der Waals surface area contributed by atoms with Gasteiger partial charge >= 0.3 is 0 Å². The van der Waals surface area contributed by atoms with E-state index in [2.05, 4.69) is 10.6 Å². The molecule has 0 aromatic heterocycles. The molecule has 0 saturated carbocycles. The quantitative estimate of drug-likeness (QED) is 0.631. The molecule has 2 N–H and O–H groups in total. The number of amides is 1. The Morgan fingerprint density at radius 1 is 1.14 bits per heavy atom. The van der Waals surface area contributed by atoms with E-state index in [9.17, 15) is 13.2 Å². The van der Waals surface area contributed by atoms with Crippen LogP contribution >= 0.6 is 24.8 Å². The first-order valence-corrected chi connectivity index (χ1v) is 11.2. The van der Waals surface area contributed by atoms with E-state index in [4.69, 9.17) is 0 Å². The Balaban J connectivity index is 0.00000210. The van der Waals surface area contributed by atoms with E-state index in [0.717, 1.165) is 25.1 Å². The highest BCUT2D eigenvalue weighted by Crippen LogP contribution is 2.18. The summed E-state index contributed by atoms with van der Waals surface area (Å²) in [6.45, 7) is 7.09. The second-order valence-electron chi connectivity index (χ2n) is 7.49. The van der Waals surface area contributed by atoms with Crippen molar-refractivity contribution in [3.8, 4) is 0 Å². The monoisotopic (exact) mass is 466 g/mol. The second-order valence-corrected chi connectivity index (χ2v) is 9.43. The van der Waals surface area contributed by atoms with Gasteiger partial charge in [0.25, 0.3) is 0 Å². The SMILES string of the molecule is Cc1ccc(S(=O)(=O)N2CCN(CC(=O)NCCC3CCNC3)CC2)cc1.Cl.Cl. The van der Waals surface area contributed by atoms with Crippen molar-refractivity contribution in [1.29, 1.82) is 0 Å². The predicted molar refractivity (Wildman–Crippen MR) is 119 cm³/mol. The smallest absolute Gasteiger partial charge is 0.243 e. The molecular formula is C19H32Cl2N4O3S. The summed E-state index contributed by atoms with van der Waals surface area (Å²) in [6, 6.07) is 6.94. The van der Waals surface area contributed by atoms with Crippen LogP contribution in [0.25, 0.3) is 0 Å². The van der Waals surface area contributed by atoms with Crippen molar-refractivity contribution in [2.45, 2.75) is 24.7 Å². The summed E-state index contributed by atoms with van der Waals surface area (Å²) < 4.78 is 26.9. The fourth-order valence-electron chi connectivity index (χ4n) is 3.62. The van der Waals surface area contributed by atoms with Crippen molar-refractivity contribution in [3.05, 3.63) is 29.8 Å². The van der Waals surface area contributed by atoms with Gasteiger partial charge in [-0.1, -0.05) is 17.7 Å². The van der Waals surface area contributed by atoms with Gasteiger partial charge in [-0.25, -0.2) is 8.42 Å². The summed E-state index contributed by atoms with van der Waals surface area (Å²) in [7, 11) is -3.45. The van der Waals surface area contributed by atoms with Gasteiger partial charge in [0.1, 0.15) is 0 Å². The number of benzene rings is 1. The van der Waals surface area contributed by atoms with Crippen LogP contribution in [0.2, 0.25) is 0 Å². The second kappa shape index (κ2) is 12.1. The summed E-state index contributed by atoms with van der Waals surface area (Å²) in [5.74, 6) is 0.691. The molecule has 2 aliphatic heterocycles. The third-order valence-electron chi connectivity index (χ3n) is 5.39. The van der Waals surface area contributed by atoms with Crippen LogP contribution in [0, 0.1) is 12.8 Å². The normalized spacial score (nSPS) is 20.5. The van der Waals surface area contributed by atoms with Crippen LogP contribution < -0.4 is 10.6 Å². The molecule has 3 rings (SSSR count). The minimum atomic E-state index is -3.45. The molecule has 0 bridgehead atoms. The lowest BCUT2D eigenvalue weighted by molar-refractivity contribution is -0.122. The lowest BCUT2D eigenvalue weighted by atomic mass is 10.1. The minimum Gasteiger partial charge on any atom is -0.355 e. The lowest BCUT2D eigenvalue weighted by Gasteiger charge is -2.33. The average molecular weight is 467 g/mol. The Labute approximate surface area is 186 Å². The van der Waals surface area contributed by atoms with Gasteiger partial charge in [-0.3, -0.25) is 9.69 Å². The van der Waals surface area contributed by atoms with E-state index in [1.807, 2.05) is 24.0 Å². The molecule has 10 heteroatoms. The number of hydrogen-bond acceptors (Lipinski definition) is 5. The molecule has 0 spiro atoms. The van der Waals surface area contributed by atoms with Crippen LogP contribution in [0.1, 0.15) is 18.4 Å². The number of rotatable bonds is 7. The van der Waals surface area contributed by atoms with Crippen molar-refractivity contribution < 1.29 is 13.2 Å². The van der Waals surface area contributed by atoms with Gasteiger partial charge in [0, 0.05) is 32.7 Å². The predicted octanol–water partition coefficient (Wildman–Crippen LogP) is 1.26. The Morgan fingerprint density at radius 2 is 1.79 bits per heavy atom. The fourth-order valence-corrected chi connectivity index (χ4v) is 5.05. The highest BCUT2D eigenvalue weighted by molar-refractivity contribution is 7.89. The molecule has 7 nitrogen and oxygen atoms in total. The standard InChI is InChI=1S/C19H30N4O3S.2ClH/c1-16-2-4-18(5-3-16)27(25,26)23-12-10-22(11-13-23)15-19(24)21-9-7-17-6-8-20-14-17;;/h2-5,17,20H,6-15H2,1H3,(H,21,24);2*1H. The summed E-state index contributed by atoms with van der Waals surface area (Å²) in [6.07, 6.45) is 2.20. The largest absolute Gasteiger partial charge is 0.355 e. The van der Waals surface area contributed by atoms with E-state index in [0.29, 0.717) is 50.1 Å². The van der Waals surface area contributed by atoms with Crippen LogP contribution in [0.15, 0.2) is 29.2 Å². The van der Waals surface area contributed by atoms with E-state index >= 15 is 0 Å². The van der Waals surface area contributed by atoms with Gasteiger partial charge in [-0.15, -0.1) is 24.8 Å². The molecular weight excluding hydrogens is 435 g/mol. The van der Waals surface area contributed by atoms with E-state index in [1.165, 1.54) is 10.7 Å². The average Bonchev–Trinajstić information content (AvgIpc) is 3.16. The molecule has 1 aromatic carbocycles. The van der Waals surface area contributed by atoms with Gasteiger partial charge in [0.15, 0.2) is 0 Å². The molecule has 2 fully saturated rings. The molecule has 29 heavy (non-hydrogen) atoms. The zero-order valence-electron chi connectivity index (χ0n) is 16.8. The highest BCUT2D eigenvalue weighted by atomic mass is 35.5. The third-order valence-corrected chi connectivity index (χ3v) is 7.31. The number of aryl methyl sites for hydroxylation is 1. The first-order chi connectivity index (χ1) is 12.9. The molecule has 1 amide bonds.